The maximum Gasteiger partial charge on any atom is 0.0175 e. The number of hydrogen-bond donors (Lipinski definition) is 1. The summed E-state index contributed by atoms with van der Waals surface area (Å²) in [4.78, 5) is 0. The van der Waals surface area contributed by atoms with Gasteiger partial charge in [-0.15, -0.1) is 12.3 Å². The largest absolute Gasteiger partial charge is 0.314 e. The molecule has 0 amide bonds. The van der Waals surface area contributed by atoms with Crippen LogP contribution in [0.25, 0.3) is 0 Å². The molecule has 0 bridgehead atoms. The minimum atomic E-state index is 0.516. The van der Waals surface area contributed by atoms with Crippen LogP contribution in [0.15, 0.2) is 28.7 Å². The third kappa shape index (κ3) is 6.51. The topological polar surface area (TPSA) is 12.0 Å². The van der Waals surface area contributed by atoms with Gasteiger partial charge in [0.15, 0.2) is 0 Å². The van der Waals surface area contributed by atoms with Crippen LogP contribution in [0.2, 0.25) is 0 Å². The third-order valence-electron chi connectivity index (χ3n) is 2.70. The van der Waals surface area contributed by atoms with Crippen LogP contribution in [0, 0.1) is 12.3 Å². The van der Waals surface area contributed by atoms with Crippen LogP contribution in [0.1, 0.15) is 31.7 Å². The lowest BCUT2D eigenvalue weighted by Gasteiger charge is -2.13. The van der Waals surface area contributed by atoms with Gasteiger partial charge in [0.2, 0.25) is 0 Å². The normalized spacial score (nSPS) is 12.1. The number of benzene rings is 1. The van der Waals surface area contributed by atoms with Gasteiger partial charge in [-0.25, -0.2) is 0 Å². The smallest absolute Gasteiger partial charge is 0.0175 e. The Labute approximate surface area is 113 Å². The summed E-state index contributed by atoms with van der Waals surface area (Å²) in [6, 6.07) is 9.03. The summed E-state index contributed by atoms with van der Waals surface area (Å²) >= 11 is 3.45. The van der Waals surface area contributed by atoms with Gasteiger partial charge in [-0.3, -0.25) is 0 Å². The van der Waals surface area contributed by atoms with E-state index < -0.39 is 0 Å². The van der Waals surface area contributed by atoms with Crippen LogP contribution < -0.4 is 5.32 Å². The van der Waals surface area contributed by atoms with E-state index >= 15 is 0 Å². The second-order valence-corrected chi connectivity index (χ2v) is 5.26. The zero-order chi connectivity index (χ0) is 12.5. The van der Waals surface area contributed by atoms with Gasteiger partial charge >= 0.3 is 0 Å². The first-order valence-corrected chi connectivity index (χ1v) is 6.93. The molecule has 0 heterocycles. The highest BCUT2D eigenvalue weighted by molar-refractivity contribution is 9.10. The molecule has 1 unspecified atom stereocenters. The molecule has 0 aromatic heterocycles. The van der Waals surface area contributed by atoms with Gasteiger partial charge in [-0.1, -0.05) is 28.1 Å². The van der Waals surface area contributed by atoms with Crippen molar-refractivity contribution in [2.75, 3.05) is 6.54 Å². The molecule has 1 atom stereocenters. The van der Waals surface area contributed by atoms with Crippen molar-refractivity contribution in [1.29, 1.82) is 0 Å². The van der Waals surface area contributed by atoms with Crippen molar-refractivity contribution in [2.45, 2.75) is 38.6 Å². The maximum atomic E-state index is 5.21. The number of unbranched alkanes of at least 4 members (excludes halogenated alkanes) is 2. The van der Waals surface area contributed by atoms with Crippen molar-refractivity contribution in [2.24, 2.45) is 0 Å². The van der Waals surface area contributed by atoms with E-state index in [1.165, 1.54) is 5.56 Å². The highest BCUT2D eigenvalue weighted by Crippen LogP contribution is 2.11. The van der Waals surface area contributed by atoms with E-state index in [9.17, 15) is 0 Å². The zero-order valence-electron chi connectivity index (χ0n) is 10.4. The predicted molar refractivity (Wildman–Crippen MR) is 78.0 cm³/mol. The number of terminal acetylenes is 1. The first-order valence-electron chi connectivity index (χ1n) is 6.13. The van der Waals surface area contributed by atoms with Crippen LogP contribution in [0.3, 0.4) is 0 Å². The Balaban J connectivity index is 2.18. The summed E-state index contributed by atoms with van der Waals surface area (Å²) in [6.45, 7) is 3.28. The van der Waals surface area contributed by atoms with Crippen molar-refractivity contribution >= 4 is 15.9 Å². The number of rotatable bonds is 7. The SMILES string of the molecule is C#CCCCCNC(C)Cc1ccc(Br)cc1. The van der Waals surface area contributed by atoms with Gasteiger partial charge in [0.05, 0.1) is 0 Å². The Morgan fingerprint density at radius 2 is 2.00 bits per heavy atom. The first-order chi connectivity index (χ1) is 8.22. The Kier molecular flexibility index (Phi) is 7.00. The standard InChI is InChI=1S/C15H20BrN/c1-3-4-5-6-11-17-13(2)12-14-7-9-15(16)10-8-14/h1,7-10,13,17H,4-6,11-12H2,2H3. The Hall–Kier alpha value is -0.780. The first kappa shape index (κ1) is 14.3. The van der Waals surface area contributed by atoms with Crippen LogP contribution in [-0.2, 0) is 6.42 Å². The van der Waals surface area contributed by atoms with Crippen LogP contribution >= 0.6 is 15.9 Å². The molecule has 2 heteroatoms. The van der Waals surface area contributed by atoms with Crippen LogP contribution in [0.4, 0.5) is 0 Å². The average Bonchev–Trinajstić information content (AvgIpc) is 2.32. The van der Waals surface area contributed by atoms with Crippen LogP contribution in [-0.4, -0.2) is 12.6 Å². The quantitative estimate of drug-likeness (QED) is 0.596. The maximum absolute atomic E-state index is 5.21. The van der Waals surface area contributed by atoms with Gasteiger partial charge in [0.25, 0.3) is 0 Å². The van der Waals surface area contributed by atoms with E-state index in [2.05, 4.69) is 58.4 Å². The Morgan fingerprint density at radius 1 is 1.29 bits per heavy atom. The Bertz CT molecular complexity index is 350. The van der Waals surface area contributed by atoms with E-state index in [0.717, 1.165) is 36.7 Å². The fraction of sp³-hybridized carbons (Fsp3) is 0.467. The number of nitrogens with one attached hydrogen (secondary N) is 1. The molecule has 0 aliphatic rings. The molecule has 0 spiro atoms. The number of hydrogen-bond acceptors (Lipinski definition) is 1. The van der Waals surface area contributed by atoms with Crippen molar-refractivity contribution < 1.29 is 0 Å². The predicted octanol–water partition coefficient (Wildman–Crippen LogP) is 3.77. The van der Waals surface area contributed by atoms with Gasteiger partial charge in [-0.05, 0) is 50.4 Å². The van der Waals surface area contributed by atoms with Crippen molar-refractivity contribution in [1.82, 2.24) is 5.32 Å². The molecule has 0 fully saturated rings. The fourth-order valence-electron chi connectivity index (χ4n) is 1.75. The fourth-order valence-corrected chi connectivity index (χ4v) is 2.01. The molecule has 1 nitrogen and oxygen atoms in total. The van der Waals surface area contributed by atoms with Crippen molar-refractivity contribution in [3.8, 4) is 12.3 Å². The summed E-state index contributed by atoms with van der Waals surface area (Å²) in [5.41, 5.74) is 1.37. The van der Waals surface area contributed by atoms with Gasteiger partial charge in [0.1, 0.15) is 0 Å². The highest BCUT2D eigenvalue weighted by Gasteiger charge is 2.02. The van der Waals surface area contributed by atoms with Gasteiger partial charge < -0.3 is 5.32 Å². The monoisotopic (exact) mass is 293 g/mol. The molecule has 0 aliphatic carbocycles. The molecule has 1 aromatic carbocycles. The average molecular weight is 294 g/mol. The minimum absolute atomic E-state index is 0.516. The van der Waals surface area contributed by atoms with Gasteiger partial charge in [-0.2, -0.15) is 0 Å². The lowest BCUT2D eigenvalue weighted by molar-refractivity contribution is 0.527. The van der Waals surface area contributed by atoms with E-state index in [1.807, 2.05) is 0 Å². The summed E-state index contributed by atoms with van der Waals surface area (Å²) in [5.74, 6) is 2.67. The minimum Gasteiger partial charge on any atom is -0.314 e. The number of halogens is 1. The lowest BCUT2D eigenvalue weighted by Crippen LogP contribution is -2.28. The van der Waals surface area contributed by atoms with E-state index in [-0.39, 0.29) is 0 Å². The van der Waals surface area contributed by atoms with E-state index in [1.54, 1.807) is 0 Å². The second-order valence-electron chi connectivity index (χ2n) is 4.35. The summed E-state index contributed by atoms with van der Waals surface area (Å²) in [6.07, 6.45) is 9.46. The third-order valence-corrected chi connectivity index (χ3v) is 3.22. The molecular formula is C15H20BrN. The zero-order valence-corrected chi connectivity index (χ0v) is 12.0. The Morgan fingerprint density at radius 3 is 2.65 bits per heavy atom. The second kappa shape index (κ2) is 8.33. The molecule has 0 saturated carbocycles. The van der Waals surface area contributed by atoms with Crippen molar-refractivity contribution in [3.05, 3.63) is 34.3 Å². The molecule has 0 aliphatic heterocycles. The molecule has 1 rings (SSSR count). The molecule has 0 radical (unpaired) electrons. The highest BCUT2D eigenvalue weighted by atomic mass is 79.9. The molecule has 1 aromatic rings. The molecule has 1 N–H and O–H groups in total. The van der Waals surface area contributed by atoms with Crippen molar-refractivity contribution in [3.63, 3.8) is 0 Å². The van der Waals surface area contributed by atoms with E-state index in [4.69, 9.17) is 6.42 Å². The van der Waals surface area contributed by atoms with E-state index in [0.29, 0.717) is 6.04 Å². The summed E-state index contributed by atoms with van der Waals surface area (Å²) < 4.78 is 1.14. The van der Waals surface area contributed by atoms with Crippen LogP contribution in [0.5, 0.6) is 0 Å². The summed E-state index contributed by atoms with van der Waals surface area (Å²) in [7, 11) is 0. The molecule has 92 valence electrons. The summed E-state index contributed by atoms with van der Waals surface area (Å²) in [5, 5.41) is 3.52. The molecule has 17 heavy (non-hydrogen) atoms. The lowest BCUT2D eigenvalue weighted by atomic mass is 10.1. The molecular weight excluding hydrogens is 274 g/mol. The van der Waals surface area contributed by atoms with Gasteiger partial charge in [0, 0.05) is 16.9 Å². The molecule has 0 saturated heterocycles.